The van der Waals surface area contributed by atoms with Gasteiger partial charge in [0.25, 0.3) is 0 Å². The first kappa shape index (κ1) is 15.2. The first-order valence-electron chi connectivity index (χ1n) is 5.65. The van der Waals surface area contributed by atoms with Crippen molar-refractivity contribution in [2.75, 3.05) is 5.73 Å². The Hall–Kier alpha value is -2.20. The lowest BCUT2D eigenvalue weighted by Crippen LogP contribution is -2.07. The molecular weight excluding hydrogens is 349 g/mol. The Bertz CT molecular complexity index is 703. The molecule has 0 saturated carbocycles. The normalized spacial score (nSPS) is 11.0. The largest absolute Gasteiger partial charge is 0.457 e. The van der Waals surface area contributed by atoms with Crippen molar-refractivity contribution in [2.45, 2.75) is 6.18 Å². The van der Waals surface area contributed by atoms with Crippen LogP contribution in [0.1, 0.15) is 11.1 Å². The molecule has 0 amide bonds. The molecule has 0 atom stereocenters. The van der Waals surface area contributed by atoms with Gasteiger partial charge in [-0.3, -0.25) is 0 Å². The number of hydrogen-bond acceptors (Lipinski definition) is 3. The van der Waals surface area contributed by atoms with Gasteiger partial charge < -0.3 is 10.5 Å². The third-order valence-corrected chi connectivity index (χ3v) is 3.00. The smallest absolute Gasteiger partial charge is 0.417 e. The number of nitriles is 1. The predicted octanol–water partition coefficient (Wildman–Crippen LogP) is 4.71. The van der Waals surface area contributed by atoms with E-state index in [1.165, 1.54) is 12.1 Å². The molecule has 0 spiro atoms. The lowest BCUT2D eigenvalue weighted by molar-refractivity contribution is -0.137. The topological polar surface area (TPSA) is 59.0 Å². The quantitative estimate of drug-likeness (QED) is 0.792. The van der Waals surface area contributed by atoms with Crippen LogP contribution in [0.2, 0.25) is 0 Å². The van der Waals surface area contributed by atoms with Crippen LogP contribution in [0.5, 0.6) is 11.5 Å². The minimum Gasteiger partial charge on any atom is -0.457 e. The molecule has 2 aromatic carbocycles. The van der Waals surface area contributed by atoms with Crippen molar-refractivity contribution < 1.29 is 17.9 Å². The summed E-state index contributed by atoms with van der Waals surface area (Å²) in [5.74, 6) is 0.475. The summed E-state index contributed by atoms with van der Waals surface area (Å²) >= 11 is 3.23. The Morgan fingerprint density at radius 1 is 1.10 bits per heavy atom. The average Bonchev–Trinajstić information content (AvgIpc) is 2.36. The fourth-order valence-corrected chi connectivity index (χ4v) is 2.20. The Morgan fingerprint density at radius 2 is 1.81 bits per heavy atom. The van der Waals surface area contributed by atoms with E-state index in [4.69, 9.17) is 15.7 Å². The molecule has 0 heterocycles. The van der Waals surface area contributed by atoms with E-state index in [2.05, 4.69) is 15.9 Å². The summed E-state index contributed by atoms with van der Waals surface area (Å²) in [5.41, 5.74) is 4.58. The molecule has 0 aliphatic rings. The maximum atomic E-state index is 12.7. The van der Waals surface area contributed by atoms with Gasteiger partial charge >= 0.3 is 6.18 Å². The van der Waals surface area contributed by atoms with Crippen molar-refractivity contribution in [3.05, 3.63) is 52.0 Å². The molecular formula is C14H8BrF3N2O. The highest BCUT2D eigenvalue weighted by Crippen LogP contribution is 2.35. The van der Waals surface area contributed by atoms with Crippen LogP contribution in [0.3, 0.4) is 0 Å². The molecule has 0 aliphatic heterocycles. The van der Waals surface area contributed by atoms with Crippen LogP contribution in [0, 0.1) is 11.3 Å². The highest BCUT2D eigenvalue weighted by atomic mass is 79.9. The number of benzene rings is 2. The number of nitrogens with two attached hydrogens (primary N) is 1. The number of nitrogen functional groups attached to an aromatic ring is 1. The molecule has 2 rings (SSSR count). The maximum Gasteiger partial charge on any atom is 0.417 e. The van der Waals surface area contributed by atoms with Crippen molar-refractivity contribution in [1.29, 1.82) is 5.26 Å². The second-order valence-corrected chi connectivity index (χ2v) is 5.05. The molecule has 21 heavy (non-hydrogen) atoms. The first-order valence-corrected chi connectivity index (χ1v) is 6.44. The van der Waals surface area contributed by atoms with E-state index in [9.17, 15) is 13.2 Å². The van der Waals surface area contributed by atoms with Gasteiger partial charge in [0.05, 0.1) is 17.2 Å². The zero-order chi connectivity index (χ0) is 15.6. The molecule has 7 heteroatoms. The van der Waals surface area contributed by atoms with Crippen molar-refractivity contribution >= 4 is 21.6 Å². The molecule has 0 aliphatic carbocycles. The van der Waals surface area contributed by atoms with Gasteiger partial charge in [0.15, 0.2) is 0 Å². The maximum absolute atomic E-state index is 12.7. The van der Waals surface area contributed by atoms with Crippen molar-refractivity contribution in [3.8, 4) is 17.6 Å². The molecule has 0 radical (unpaired) electrons. The van der Waals surface area contributed by atoms with Gasteiger partial charge in [0.2, 0.25) is 0 Å². The summed E-state index contributed by atoms with van der Waals surface area (Å²) in [7, 11) is 0. The second kappa shape index (κ2) is 5.66. The third kappa shape index (κ3) is 3.67. The molecule has 108 valence electrons. The highest BCUT2D eigenvalue weighted by Gasteiger charge is 2.33. The van der Waals surface area contributed by atoms with Crippen LogP contribution in [-0.4, -0.2) is 0 Å². The molecule has 0 fully saturated rings. The summed E-state index contributed by atoms with van der Waals surface area (Å²) in [4.78, 5) is 0. The summed E-state index contributed by atoms with van der Waals surface area (Å²) in [5, 5.41) is 8.83. The van der Waals surface area contributed by atoms with Gasteiger partial charge in [-0.2, -0.15) is 18.4 Å². The number of rotatable bonds is 2. The number of alkyl halides is 3. The molecule has 0 bridgehead atoms. The summed E-state index contributed by atoms with van der Waals surface area (Å²) in [6.45, 7) is 0. The van der Waals surface area contributed by atoms with Crippen molar-refractivity contribution in [2.24, 2.45) is 0 Å². The van der Waals surface area contributed by atoms with E-state index in [1.54, 1.807) is 12.1 Å². The predicted molar refractivity (Wildman–Crippen MR) is 74.8 cm³/mol. The zero-order valence-corrected chi connectivity index (χ0v) is 12.0. The minimum atomic E-state index is -4.58. The van der Waals surface area contributed by atoms with Crippen molar-refractivity contribution in [1.82, 2.24) is 0 Å². The van der Waals surface area contributed by atoms with E-state index in [0.29, 0.717) is 15.9 Å². The molecule has 0 aromatic heterocycles. The van der Waals surface area contributed by atoms with Gasteiger partial charge in [0.1, 0.15) is 11.5 Å². The van der Waals surface area contributed by atoms with Crippen LogP contribution in [0.15, 0.2) is 40.9 Å². The summed E-state index contributed by atoms with van der Waals surface area (Å²) < 4.78 is 44.1. The van der Waals surface area contributed by atoms with E-state index < -0.39 is 17.3 Å². The van der Waals surface area contributed by atoms with Gasteiger partial charge in [-0.25, -0.2) is 0 Å². The number of halogens is 4. The van der Waals surface area contributed by atoms with Crippen LogP contribution < -0.4 is 10.5 Å². The van der Waals surface area contributed by atoms with E-state index >= 15 is 0 Å². The first-order chi connectivity index (χ1) is 9.79. The molecule has 0 saturated heterocycles. The van der Waals surface area contributed by atoms with Gasteiger partial charge in [0, 0.05) is 16.2 Å². The second-order valence-electron chi connectivity index (χ2n) is 4.14. The lowest BCUT2D eigenvalue weighted by atomic mass is 10.1. The fourth-order valence-electron chi connectivity index (χ4n) is 1.71. The minimum absolute atomic E-state index is 0.122. The molecule has 2 aromatic rings. The Morgan fingerprint density at radius 3 is 2.38 bits per heavy atom. The van der Waals surface area contributed by atoms with E-state index in [1.807, 2.05) is 0 Å². The highest BCUT2D eigenvalue weighted by molar-refractivity contribution is 9.10. The number of ether oxygens (including phenoxy) is 1. The third-order valence-electron chi connectivity index (χ3n) is 2.55. The number of hydrogen-bond donors (Lipinski definition) is 1. The number of nitrogens with zero attached hydrogens (tertiary/aromatic N) is 1. The standard InChI is InChI=1S/C14H8BrF3N2O/c15-9-4-10(20)6-12(5-9)21-11-1-2-13(14(16,17)18)8(3-11)7-19/h1-6H,20H2. The van der Waals surface area contributed by atoms with Crippen molar-refractivity contribution in [3.63, 3.8) is 0 Å². The fraction of sp³-hybridized carbons (Fsp3) is 0.0714. The van der Waals surface area contributed by atoms with Gasteiger partial charge in [-0.1, -0.05) is 15.9 Å². The van der Waals surface area contributed by atoms with Gasteiger partial charge in [-0.05, 0) is 30.3 Å². The lowest BCUT2D eigenvalue weighted by Gasteiger charge is -2.11. The van der Waals surface area contributed by atoms with Crippen LogP contribution in [0.4, 0.5) is 18.9 Å². The average molecular weight is 357 g/mol. The Kier molecular flexibility index (Phi) is 4.09. The summed E-state index contributed by atoms with van der Waals surface area (Å²) in [6.07, 6.45) is -4.58. The summed E-state index contributed by atoms with van der Waals surface area (Å²) in [6, 6.07) is 9.31. The Balaban J connectivity index is 2.36. The zero-order valence-electron chi connectivity index (χ0n) is 10.4. The van der Waals surface area contributed by atoms with E-state index in [0.717, 1.165) is 18.2 Å². The van der Waals surface area contributed by atoms with Crippen LogP contribution >= 0.6 is 15.9 Å². The molecule has 3 nitrogen and oxygen atoms in total. The van der Waals surface area contributed by atoms with Gasteiger partial charge in [-0.15, -0.1) is 0 Å². The monoisotopic (exact) mass is 356 g/mol. The molecule has 0 unspecified atom stereocenters. The van der Waals surface area contributed by atoms with E-state index in [-0.39, 0.29) is 5.75 Å². The SMILES string of the molecule is N#Cc1cc(Oc2cc(N)cc(Br)c2)ccc1C(F)(F)F. The number of anilines is 1. The Labute approximate surface area is 126 Å². The van der Waals surface area contributed by atoms with Crippen LogP contribution in [0.25, 0.3) is 0 Å². The van der Waals surface area contributed by atoms with Crippen LogP contribution in [-0.2, 0) is 6.18 Å². The molecule has 2 N–H and O–H groups in total.